The lowest BCUT2D eigenvalue weighted by molar-refractivity contribution is -0.319. The van der Waals surface area contributed by atoms with Crippen LogP contribution in [0.1, 0.15) is 34.7 Å². The molecule has 12 nitrogen and oxygen atoms in total. The molecule has 8 atom stereocenters. The standard InChI is InChI=1S/C47H49NO11/c1-53-46-44(43(56-30-34-19-10-4-11-20-34)42(40(28-49)59-46)55-29-33-17-8-3-9-18-33)54-26-14-23-36-24-25-39(50)41(58-36)37(27-32-15-6-2-7-16-32)45(51)48-38(31-57-47(48)52)35-21-12-5-13-22-35/h2-13,15-25,37-38,40-44,46,49H,14,26-31H2,1H3/t37-,38-,40+,41+,42+,43-,44-,46-/m0/s1. The Balaban J connectivity index is 1.07. The van der Waals surface area contributed by atoms with Gasteiger partial charge in [-0.3, -0.25) is 9.59 Å². The van der Waals surface area contributed by atoms with Crippen LogP contribution in [0.5, 0.6) is 0 Å². The van der Waals surface area contributed by atoms with Gasteiger partial charge in [0.2, 0.25) is 5.91 Å². The van der Waals surface area contributed by atoms with Crippen molar-refractivity contribution in [2.45, 2.75) is 68.9 Å². The summed E-state index contributed by atoms with van der Waals surface area (Å²) in [6.07, 6.45) is -0.534. The predicted molar refractivity (Wildman–Crippen MR) is 215 cm³/mol. The third-order valence-electron chi connectivity index (χ3n) is 10.6. The maximum Gasteiger partial charge on any atom is 0.417 e. The molecule has 1 N–H and O–H groups in total. The van der Waals surface area contributed by atoms with E-state index in [2.05, 4.69) is 0 Å². The summed E-state index contributed by atoms with van der Waals surface area (Å²) < 4.78 is 43.0. The van der Waals surface area contributed by atoms with Crippen LogP contribution in [0.4, 0.5) is 4.79 Å². The number of benzene rings is 4. The van der Waals surface area contributed by atoms with Crippen molar-refractivity contribution >= 4 is 17.8 Å². The third kappa shape index (κ3) is 10.4. The minimum atomic E-state index is -1.21. The molecular weight excluding hydrogens is 755 g/mol. The monoisotopic (exact) mass is 803 g/mol. The molecule has 3 heterocycles. The lowest BCUT2D eigenvalue weighted by atomic mass is 9.88. The van der Waals surface area contributed by atoms with Gasteiger partial charge in [0.1, 0.15) is 42.8 Å². The molecule has 0 saturated carbocycles. The maximum absolute atomic E-state index is 14.4. The molecular formula is C47H49NO11. The van der Waals surface area contributed by atoms with Gasteiger partial charge in [0.25, 0.3) is 0 Å². The smallest absolute Gasteiger partial charge is 0.417 e. The Hall–Kier alpha value is -5.47. The topological polar surface area (TPSA) is 139 Å². The minimum absolute atomic E-state index is 0.00579. The highest BCUT2D eigenvalue weighted by molar-refractivity contribution is 6.02. The summed E-state index contributed by atoms with van der Waals surface area (Å²) in [5.41, 5.74) is 3.45. The second kappa shape index (κ2) is 20.5. The van der Waals surface area contributed by atoms with Crippen LogP contribution in [0.3, 0.4) is 0 Å². The van der Waals surface area contributed by atoms with E-state index in [-0.39, 0.29) is 39.5 Å². The molecule has 59 heavy (non-hydrogen) atoms. The first-order chi connectivity index (χ1) is 28.9. The van der Waals surface area contributed by atoms with Gasteiger partial charge in [-0.2, -0.15) is 0 Å². The van der Waals surface area contributed by atoms with Gasteiger partial charge in [-0.05, 0) is 53.3 Å². The lowest BCUT2D eigenvalue weighted by Crippen LogP contribution is -2.61. The number of allylic oxidation sites excluding steroid dienone is 1. The summed E-state index contributed by atoms with van der Waals surface area (Å²) in [5.74, 6) is -1.62. The quantitative estimate of drug-likeness (QED) is 0.121. The number of imide groups is 1. The molecule has 0 aliphatic carbocycles. The Morgan fingerprint density at radius 2 is 1.37 bits per heavy atom. The van der Waals surface area contributed by atoms with E-state index in [9.17, 15) is 19.5 Å². The summed E-state index contributed by atoms with van der Waals surface area (Å²) in [6, 6.07) is 37.3. The highest BCUT2D eigenvalue weighted by Gasteiger charge is 2.49. The van der Waals surface area contributed by atoms with Crippen molar-refractivity contribution in [3.05, 3.63) is 168 Å². The van der Waals surface area contributed by atoms with Crippen LogP contribution in [0.25, 0.3) is 0 Å². The molecule has 12 heteroatoms. The molecule has 0 spiro atoms. The third-order valence-corrected chi connectivity index (χ3v) is 10.6. The van der Waals surface area contributed by atoms with Gasteiger partial charge >= 0.3 is 6.09 Å². The first kappa shape index (κ1) is 41.7. The molecule has 308 valence electrons. The average molecular weight is 804 g/mol. The van der Waals surface area contributed by atoms with Gasteiger partial charge in [0, 0.05) is 7.11 Å². The van der Waals surface area contributed by atoms with Crippen LogP contribution in [0, 0.1) is 5.92 Å². The largest absolute Gasteiger partial charge is 0.482 e. The minimum Gasteiger partial charge on any atom is -0.482 e. The highest BCUT2D eigenvalue weighted by Crippen LogP contribution is 2.34. The van der Waals surface area contributed by atoms with Crippen molar-refractivity contribution in [2.75, 3.05) is 26.9 Å². The zero-order valence-corrected chi connectivity index (χ0v) is 32.8. The van der Waals surface area contributed by atoms with Crippen LogP contribution < -0.4 is 0 Å². The number of carbonyl (C=O) groups excluding carboxylic acids is 3. The first-order valence-corrected chi connectivity index (χ1v) is 19.8. The molecule has 4 aromatic carbocycles. The zero-order valence-electron chi connectivity index (χ0n) is 32.8. The number of rotatable bonds is 17. The van der Waals surface area contributed by atoms with Crippen LogP contribution >= 0.6 is 0 Å². The SMILES string of the molecule is CO[C@H]1O[C@H](CO)[C@@H](OCc2ccccc2)[C@H](OCc2ccccc2)[C@@H]1OCCC=C1C=CC(=O)[C@@H]([C@H](Cc2ccccc2)C(=O)N2C(=O)OC[C@H]2c2ccccc2)O1. The molecule has 3 aliphatic rings. The summed E-state index contributed by atoms with van der Waals surface area (Å²) in [7, 11) is 1.51. The van der Waals surface area contributed by atoms with E-state index in [0.29, 0.717) is 12.2 Å². The van der Waals surface area contributed by atoms with Gasteiger partial charge < -0.3 is 38.3 Å². The van der Waals surface area contributed by atoms with Gasteiger partial charge in [0.15, 0.2) is 18.2 Å². The van der Waals surface area contributed by atoms with Gasteiger partial charge in [-0.15, -0.1) is 0 Å². The van der Waals surface area contributed by atoms with Crippen molar-refractivity contribution in [3.8, 4) is 0 Å². The molecule has 7 rings (SSSR count). The van der Waals surface area contributed by atoms with Crippen LogP contribution in [-0.2, 0) is 62.4 Å². The fourth-order valence-electron chi connectivity index (χ4n) is 7.58. The number of hydrogen-bond donors (Lipinski definition) is 1. The van der Waals surface area contributed by atoms with Crippen molar-refractivity contribution in [3.63, 3.8) is 0 Å². The summed E-state index contributed by atoms with van der Waals surface area (Å²) in [4.78, 5) is 42.2. The normalized spacial score (nSPS) is 25.4. The van der Waals surface area contributed by atoms with Crippen LogP contribution in [-0.4, -0.2) is 91.5 Å². The van der Waals surface area contributed by atoms with Crippen LogP contribution in [0.2, 0.25) is 0 Å². The summed E-state index contributed by atoms with van der Waals surface area (Å²) in [6.45, 7) is 0.361. The summed E-state index contributed by atoms with van der Waals surface area (Å²) >= 11 is 0. The number of ketones is 1. The lowest BCUT2D eigenvalue weighted by Gasteiger charge is -2.45. The molecule has 0 radical (unpaired) electrons. The Bertz CT molecular complexity index is 2030. The van der Waals surface area contributed by atoms with Gasteiger partial charge in [-0.1, -0.05) is 121 Å². The fraction of sp³-hybridized carbons (Fsp3) is 0.340. The molecule has 0 bridgehead atoms. The predicted octanol–water partition coefficient (Wildman–Crippen LogP) is 6.28. The number of hydrogen-bond acceptors (Lipinski definition) is 11. The van der Waals surface area contributed by atoms with Crippen molar-refractivity contribution < 1.29 is 52.6 Å². The number of cyclic esters (lactones) is 1. The number of methoxy groups -OCH3 is 1. The molecule has 2 saturated heterocycles. The van der Waals surface area contributed by atoms with E-state index in [1.54, 1.807) is 12.2 Å². The van der Waals surface area contributed by atoms with Gasteiger partial charge in [0.05, 0.1) is 32.3 Å². The maximum atomic E-state index is 14.4. The Morgan fingerprint density at radius 3 is 1.98 bits per heavy atom. The molecule has 4 aromatic rings. The molecule has 2 fully saturated rings. The van der Waals surface area contributed by atoms with E-state index >= 15 is 0 Å². The molecule has 3 aliphatic heterocycles. The van der Waals surface area contributed by atoms with E-state index in [0.717, 1.165) is 27.2 Å². The fourth-order valence-corrected chi connectivity index (χ4v) is 7.58. The number of aliphatic hydroxyl groups excluding tert-OH is 1. The highest BCUT2D eigenvalue weighted by atomic mass is 16.7. The second-order valence-corrected chi connectivity index (χ2v) is 14.5. The zero-order chi connectivity index (χ0) is 41.0. The molecule has 2 amide bonds. The van der Waals surface area contributed by atoms with Crippen LogP contribution in [0.15, 0.2) is 145 Å². The number of nitrogens with zero attached hydrogens (tertiary/aromatic N) is 1. The number of carbonyl (C=O) groups is 3. The Morgan fingerprint density at radius 1 is 0.780 bits per heavy atom. The molecule has 0 aromatic heterocycles. The van der Waals surface area contributed by atoms with E-state index in [1.165, 1.54) is 13.2 Å². The Kier molecular flexibility index (Phi) is 14.5. The van der Waals surface area contributed by atoms with E-state index in [4.69, 9.17) is 33.2 Å². The van der Waals surface area contributed by atoms with Crippen molar-refractivity contribution in [2.24, 2.45) is 5.92 Å². The number of aliphatic hydroxyl groups is 1. The number of amides is 2. The average Bonchev–Trinajstić information content (AvgIpc) is 3.68. The van der Waals surface area contributed by atoms with Crippen molar-refractivity contribution in [1.29, 1.82) is 0 Å². The van der Waals surface area contributed by atoms with Crippen molar-refractivity contribution in [1.82, 2.24) is 4.90 Å². The second-order valence-electron chi connectivity index (χ2n) is 14.5. The van der Waals surface area contributed by atoms with E-state index in [1.807, 2.05) is 121 Å². The Labute approximate surface area is 343 Å². The molecule has 0 unspecified atom stereocenters. The van der Waals surface area contributed by atoms with Gasteiger partial charge in [-0.25, -0.2) is 9.69 Å². The number of ether oxygens (including phenoxy) is 7. The first-order valence-electron chi connectivity index (χ1n) is 19.8. The van der Waals surface area contributed by atoms with E-state index < -0.39 is 66.6 Å². The summed E-state index contributed by atoms with van der Waals surface area (Å²) in [5, 5.41) is 10.4.